The molecule has 0 spiro atoms. The summed E-state index contributed by atoms with van der Waals surface area (Å²) in [5, 5.41) is 4.02. The van der Waals surface area contributed by atoms with Gasteiger partial charge in [-0.25, -0.2) is 5.43 Å². The zero-order chi connectivity index (χ0) is 19.8. The van der Waals surface area contributed by atoms with Gasteiger partial charge in [-0.05, 0) is 47.5 Å². The summed E-state index contributed by atoms with van der Waals surface area (Å²) in [7, 11) is 3.97. The third kappa shape index (κ3) is 5.45. The first-order valence-corrected chi connectivity index (χ1v) is 8.99. The number of benzene rings is 3. The normalized spacial score (nSPS) is 10.6. The van der Waals surface area contributed by atoms with Crippen LogP contribution in [0.1, 0.15) is 21.5 Å². The van der Waals surface area contributed by atoms with Gasteiger partial charge < -0.3 is 9.64 Å². The maximum absolute atomic E-state index is 12.2. The van der Waals surface area contributed by atoms with E-state index in [-0.39, 0.29) is 5.91 Å². The molecule has 28 heavy (non-hydrogen) atoms. The number of hydrogen-bond acceptors (Lipinski definition) is 4. The second-order valence-corrected chi connectivity index (χ2v) is 6.48. The van der Waals surface area contributed by atoms with Gasteiger partial charge in [0, 0.05) is 25.3 Å². The third-order valence-electron chi connectivity index (χ3n) is 4.15. The standard InChI is InChI=1S/C23H23N3O2/c1-26(2)21-12-8-18(9-13-21)16-24-25-23(27)20-10-14-22(15-11-20)28-17-19-6-4-3-5-7-19/h3-16H,17H2,1-2H3,(H,25,27)/b24-16+. The van der Waals surface area contributed by atoms with Crippen LogP contribution in [0.3, 0.4) is 0 Å². The largest absolute Gasteiger partial charge is 0.489 e. The number of ether oxygens (including phenoxy) is 1. The van der Waals surface area contributed by atoms with Crippen molar-refractivity contribution in [2.45, 2.75) is 6.61 Å². The van der Waals surface area contributed by atoms with E-state index in [0.717, 1.165) is 16.8 Å². The minimum Gasteiger partial charge on any atom is -0.489 e. The molecule has 0 saturated heterocycles. The molecule has 0 bridgehead atoms. The van der Waals surface area contributed by atoms with Crippen LogP contribution in [0.4, 0.5) is 5.69 Å². The van der Waals surface area contributed by atoms with Crippen LogP contribution in [0.15, 0.2) is 84.0 Å². The molecule has 0 aromatic heterocycles. The predicted octanol–water partition coefficient (Wildman–Crippen LogP) is 4.10. The Hall–Kier alpha value is -3.60. The average Bonchev–Trinajstić information content (AvgIpc) is 2.73. The molecule has 1 amide bonds. The van der Waals surface area contributed by atoms with Gasteiger partial charge in [-0.2, -0.15) is 5.10 Å². The number of nitrogens with zero attached hydrogens (tertiary/aromatic N) is 2. The summed E-state index contributed by atoms with van der Waals surface area (Å²) in [5.74, 6) is 0.445. The van der Waals surface area contributed by atoms with Crippen LogP contribution in [0.2, 0.25) is 0 Å². The van der Waals surface area contributed by atoms with Crippen molar-refractivity contribution >= 4 is 17.8 Å². The molecule has 0 unspecified atom stereocenters. The Morgan fingerprint density at radius 2 is 1.64 bits per heavy atom. The topological polar surface area (TPSA) is 53.9 Å². The molecule has 0 saturated carbocycles. The van der Waals surface area contributed by atoms with Crippen molar-refractivity contribution in [2.75, 3.05) is 19.0 Å². The smallest absolute Gasteiger partial charge is 0.271 e. The molecule has 3 aromatic carbocycles. The lowest BCUT2D eigenvalue weighted by molar-refractivity contribution is 0.0955. The van der Waals surface area contributed by atoms with Crippen LogP contribution in [0.25, 0.3) is 0 Å². The number of rotatable bonds is 7. The summed E-state index contributed by atoms with van der Waals surface area (Å²) in [6.07, 6.45) is 1.62. The average molecular weight is 373 g/mol. The van der Waals surface area contributed by atoms with Gasteiger partial charge in [-0.15, -0.1) is 0 Å². The van der Waals surface area contributed by atoms with Crippen LogP contribution in [-0.4, -0.2) is 26.2 Å². The van der Waals surface area contributed by atoms with Crippen molar-refractivity contribution in [1.82, 2.24) is 5.43 Å². The van der Waals surface area contributed by atoms with E-state index in [1.807, 2.05) is 73.6 Å². The Bertz CT molecular complexity index is 918. The summed E-state index contributed by atoms with van der Waals surface area (Å²) in [6.45, 7) is 0.489. The number of amides is 1. The van der Waals surface area contributed by atoms with Crippen molar-refractivity contribution in [3.63, 3.8) is 0 Å². The Morgan fingerprint density at radius 3 is 2.29 bits per heavy atom. The van der Waals surface area contributed by atoms with Crippen molar-refractivity contribution in [1.29, 1.82) is 0 Å². The van der Waals surface area contributed by atoms with E-state index in [2.05, 4.69) is 10.5 Å². The van der Waals surface area contributed by atoms with Crippen LogP contribution in [-0.2, 0) is 6.61 Å². The maximum Gasteiger partial charge on any atom is 0.271 e. The highest BCUT2D eigenvalue weighted by Crippen LogP contribution is 2.14. The molecule has 0 aliphatic rings. The molecule has 5 nitrogen and oxygen atoms in total. The molecule has 0 heterocycles. The molecule has 5 heteroatoms. The third-order valence-corrected chi connectivity index (χ3v) is 4.15. The number of nitrogens with one attached hydrogen (secondary N) is 1. The Morgan fingerprint density at radius 1 is 0.964 bits per heavy atom. The van der Waals surface area contributed by atoms with Gasteiger partial charge in [0.2, 0.25) is 0 Å². The number of carbonyl (C=O) groups is 1. The fraction of sp³-hybridized carbons (Fsp3) is 0.130. The Kier molecular flexibility index (Phi) is 6.41. The van der Waals surface area contributed by atoms with Crippen molar-refractivity contribution in [3.05, 3.63) is 95.6 Å². The predicted molar refractivity (Wildman–Crippen MR) is 113 cm³/mol. The number of anilines is 1. The van der Waals surface area contributed by atoms with E-state index in [9.17, 15) is 4.79 Å². The van der Waals surface area contributed by atoms with Gasteiger partial charge in [-0.3, -0.25) is 4.79 Å². The summed E-state index contributed by atoms with van der Waals surface area (Å²) >= 11 is 0. The fourth-order valence-corrected chi connectivity index (χ4v) is 2.53. The fourth-order valence-electron chi connectivity index (χ4n) is 2.53. The van der Waals surface area contributed by atoms with Crippen molar-refractivity contribution in [2.24, 2.45) is 5.10 Å². The first kappa shape index (κ1) is 19.2. The molecule has 0 aliphatic heterocycles. The molecule has 3 aromatic rings. The first-order valence-electron chi connectivity index (χ1n) is 8.99. The summed E-state index contributed by atoms with van der Waals surface area (Å²) in [4.78, 5) is 14.2. The molecular formula is C23H23N3O2. The molecule has 3 rings (SSSR count). The van der Waals surface area contributed by atoms with Crippen molar-refractivity contribution < 1.29 is 9.53 Å². The van der Waals surface area contributed by atoms with Gasteiger partial charge in [0.25, 0.3) is 5.91 Å². The van der Waals surface area contributed by atoms with Gasteiger partial charge in [0.1, 0.15) is 12.4 Å². The lowest BCUT2D eigenvalue weighted by atomic mass is 10.2. The summed E-state index contributed by atoms with van der Waals surface area (Å²) in [5.41, 5.74) is 6.18. The van der Waals surface area contributed by atoms with Crippen LogP contribution < -0.4 is 15.1 Å². The van der Waals surface area contributed by atoms with Crippen LogP contribution in [0.5, 0.6) is 5.75 Å². The SMILES string of the molecule is CN(C)c1ccc(/C=N/NC(=O)c2ccc(OCc3ccccc3)cc2)cc1. The first-order chi connectivity index (χ1) is 13.6. The van der Waals surface area contributed by atoms with E-state index < -0.39 is 0 Å². The van der Waals surface area contributed by atoms with Gasteiger partial charge >= 0.3 is 0 Å². The second-order valence-electron chi connectivity index (χ2n) is 6.48. The highest BCUT2D eigenvalue weighted by molar-refractivity contribution is 5.95. The van der Waals surface area contributed by atoms with E-state index in [1.165, 1.54) is 0 Å². The number of hydrazone groups is 1. The second kappa shape index (κ2) is 9.37. The molecule has 0 atom stereocenters. The molecule has 0 aliphatic carbocycles. The summed E-state index contributed by atoms with van der Waals surface area (Å²) < 4.78 is 5.73. The van der Waals surface area contributed by atoms with E-state index in [4.69, 9.17) is 4.74 Å². The maximum atomic E-state index is 12.2. The van der Waals surface area contributed by atoms with E-state index in [0.29, 0.717) is 17.9 Å². The lowest BCUT2D eigenvalue weighted by Crippen LogP contribution is -2.17. The minimum atomic E-state index is -0.268. The Balaban J connectivity index is 1.51. The minimum absolute atomic E-state index is 0.268. The van der Waals surface area contributed by atoms with Gasteiger partial charge in [0.15, 0.2) is 0 Å². The van der Waals surface area contributed by atoms with Crippen LogP contribution >= 0.6 is 0 Å². The van der Waals surface area contributed by atoms with Crippen LogP contribution in [0, 0.1) is 0 Å². The highest BCUT2D eigenvalue weighted by atomic mass is 16.5. The molecule has 1 N–H and O–H groups in total. The highest BCUT2D eigenvalue weighted by Gasteiger charge is 2.04. The zero-order valence-electron chi connectivity index (χ0n) is 16.0. The molecule has 0 radical (unpaired) electrons. The monoisotopic (exact) mass is 373 g/mol. The molecule has 0 fully saturated rings. The number of hydrogen-bond donors (Lipinski definition) is 1. The van der Waals surface area contributed by atoms with Gasteiger partial charge in [-0.1, -0.05) is 42.5 Å². The quantitative estimate of drug-likeness (QED) is 0.501. The zero-order valence-corrected chi connectivity index (χ0v) is 16.0. The lowest BCUT2D eigenvalue weighted by Gasteiger charge is -2.11. The van der Waals surface area contributed by atoms with Crippen molar-refractivity contribution in [3.8, 4) is 5.75 Å². The van der Waals surface area contributed by atoms with E-state index >= 15 is 0 Å². The van der Waals surface area contributed by atoms with Gasteiger partial charge in [0.05, 0.1) is 6.21 Å². The Labute approximate surface area is 165 Å². The molecular weight excluding hydrogens is 350 g/mol. The number of carbonyl (C=O) groups excluding carboxylic acids is 1. The summed E-state index contributed by atoms with van der Waals surface area (Å²) in [6, 6.07) is 24.8. The van der Waals surface area contributed by atoms with E-state index in [1.54, 1.807) is 30.5 Å². The molecule has 142 valence electrons.